The number of rotatable bonds is 5. The molecule has 0 radical (unpaired) electrons. The summed E-state index contributed by atoms with van der Waals surface area (Å²) in [7, 11) is -3.63. The summed E-state index contributed by atoms with van der Waals surface area (Å²) in [6.07, 6.45) is 0. The molecule has 34 heavy (non-hydrogen) atoms. The molecule has 8 heteroatoms. The normalized spacial score (nSPS) is 12.1. The van der Waals surface area contributed by atoms with E-state index >= 15 is 0 Å². The number of hydrogen-bond acceptors (Lipinski definition) is 4. The van der Waals surface area contributed by atoms with Gasteiger partial charge in [-0.15, -0.1) is 0 Å². The van der Waals surface area contributed by atoms with Crippen LogP contribution in [-0.4, -0.2) is 29.8 Å². The van der Waals surface area contributed by atoms with E-state index in [1.54, 1.807) is 13.8 Å². The molecule has 2 N–H and O–H groups in total. The van der Waals surface area contributed by atoms with Crippen LogP contribution >= 0.6 is 0 Å². The Morgan fingerprint density at radius 3 is 2.26 bits per heavy atom. The van der Waals surface area contributed by atoms with Gasteiger partial charge in [0, 0.05) is 22.4 Å². The predicted molar refractivity (Wildman–Crippen MR) is 135 cm³/mol. The highest BCUT2D eigenvalue weighted by atomic mass is 32.2. The van der Waals surface area contributed by atoms with E-state index in [1.807, 2.05) is 55.5 Å². The van der Waals surface area contributed by atoms with Crippen molar-refractivity contribution in [3.05, 3.63) is 84.2 Å². The Hall–Kier alpha value is -3.75. The van der Waals surface area contributed by atoms with Crippen LogP contribution < -0.4 is 10.0 Å². The van der Waals surface area contributed by atoms with Gasteiger partial charge in [-0.05, 0) is 57.2 Å². The molecular formula is C26H24N4O3S. The second-order valence-electron chi connectivity index (χ2n) is 8.51. The first-order valence-corrected chi connectivity index (χ1v) is 12.5. The smallest absolute Gasteiger partial charge is 0.255 e. The largest absolute Gasteiger partial charge is 0.320 e. The number of hydrogen-bond donors (Lipinski definition) is 2. The summed E-state index contributed by atoms with van der Waals surface area (Å²) >= 11 is 0. The Kier molecular flexibility index (Phi) is 5.34. The summed E-state index contributed by atoms with van der Waals surface area (Å²) in [4.78, 5) is 18.1. The summed E-state index contributed by atoms with van der Waals surface area (Å²) < 4.78 is 29.4. The zero-order valence-corrected chi connectivity index (χ0v) is 19.8. The summed E-state index contributed by atoms with van der Waals surface area (Å²) in [5.41, 5.74) is 3.73. The maximum absolute atomic E-state index is 13.3. The van der Waals surface area contributed by atoms with Gasteiger partial charge in [0.1, 0.15) is 5.82 Å². The van der Waals surface area contributed by atoms with Crippen LogP contribution in [0.4, 0.5) is 5.69 Å². The maximum Gasteiger partial charge on any atom is 0.255 e. The number of benzene rings is 3. The quantitative estimate of drug-likeness (QED) is 0.381. The lowest BCUT2D eigenvalue weighted by molar-refractivity contribution is 0.102. The second kappa shape index (κ2) is 8.23. The molecule has 0 bridgehead atoms. The van der Waals surface area contributed by atoms with Gasteiger partial charge >= 0.3 is 0 Å². The maximum atomic E-state index is 13.3. The van der Waals surface area contributed by atoms with E-state index in [1.165, 1.54) is 24.3 Å². The van der Waals surface area contributed by atoms with Crippen molar-refractivity contribution in [1.29, 1.82) is 0 Å². The zero-order valence-electron chi connectivity index (χ0n) is 19.0. The fourth-order valence-corrected chi connectivity index (χ4v) is 5.55. The topological polar surface area (TPSA) is 92.6 Å². The van der Waals surface area contributed by atoms with E-state index in [9.17, 15) is 13.2 Å². The van der Waals surface area contributed by atoms with Crippen molar-refractivity contribution in [3.8, 4) is 0 Å². The molecule has 5 aromatic rings. The third-order valence-corrected chi connectivity index (χ3v) is 7.37. The van der Waals surface area contributed by atoms with Crippen molar-refractivity contribution in [3.63, 3.8) is 0 Å². The van der Waals surface area contributed by atoms with Crippen LogP contribution in [-0.2, 0) is 10.0 Å². The Bertz CT molecular complexity index is 1670. The van der Waals surface area contributed by atoms with E-state index in [2.05, 4.69) is 14.4 Å². The summed E-state index contributed by atoms with van der Waals surface area (Å²) in [5.74, 6) is 0.496. The molecule has 2 aromatic heterocycles. The molecular weight excluding hydrogens is 448 g/mol. The number of carbonyl (C=O) groups excluding carboxylic acids is 1. The van der Waals surface area contributed by atoms with Crippen molar-refractivity contribution in [2.45, 2.75) is 31.7 Å². The van der Waals surface area contributed by atoms with Crippen LogP contribution in [0.5, 0.6) is 0 Å². The molecule has 3 aromatic carbocycles. The van der Waals surface area contributed by atoms with Crippen LogP contribution in [0, 0.1) is 6.92 Å². The van der Waals surface area contributed by atoms with Crippen molar-refractivity contribution in [2.24, 2.45) is 0 Å². The van der Waals surface area contributed by atoms with E-state index in [-0.39, 0.29) is 16.8 Å². The molecule has 172 valence electrons. The first-order valence-electron chi connectivity index (χ1n) is 11.0. The number of sulfonamides is 1. The molecule has 5 rings (SSSR count). The minimum absolute atomic E-state index is 0.116. The van der Waals surface area contributed by atoms with Crippen LogP contribution in [0.2, 0.25) is 0 Å². The van der Waals surface area contributed by atoms with Gasteiger partial charge in [0.05, 0.1) is 27.1 Å². The average molecular weight is 473 g/mol. The predicted octanol–water partition coefficient (Wildman–Crippen LogP) is 4.89. The summed E-state index contributed by atoms with van der Waals surface area (Å²) in [6.45, 7) is 5.46. The standard InChI is InChI=1S/C26H24N4O3S/c1-16(2)29-34(32,33)19-14-12-18(13-15-19)26(31)28-24-21-9-5-7-11-23(21)30-17(3)27-22-10-6-4-8-20(22)25(24)30/h4-16,29H,1-3H3,(H,28,31). The van der Waals surface area contributed by atoms with Crippen molar-refractivity contribution < 1.29 is 13.2 Å². The number of carbonyl (C=O) groups is 1. The molecule has 0 unspecified atom stereocenters. The highest BCUT2D eigenvalue weighted by Crippen LogP contribution is 2.36. The van der Waals surface area contributed by atoms with E-state index in [0.29, 0.717) is 11.3 Å². The van der Waals surface area contributed by atoms with Gasteiger partial charge in [-0.3, -0.25) is 9.20 Å². The number of fused-ring (bicyclic) bond motifs is 5. The van der Waals surface area contributed by atoms with E-state index in [0.717, 1.165) is 33.1 Å². The highest BCUT2D eigenvalue weighted by molar-refractivity contribution is 7.89. The van der Waals surface area contributed by atoms with Gasteiger partial charge in [0.25, 0.3) is 5.91 Å². The number of aromatic nitrogens is 2. The summed E-state index contributed by atoms with van der Waals surface area (Å²) in [6, 6.07) is 21.4. The lowest BCUT2D eigenvalue weighted by Crippen LogP contribution is -2.30. The molecule has 0 fully saturated rings. The Balaban J connectivity index is 1.61. The molecule has 0 atom stereocenters. The van der Waals surface area contributed by atoms with Crippen LogP contribution in [0.25, 0.3) is 27.3 Å². The lowest BCUT2D eigenvalue weighted by atomic mass is 10.1. The Labute approximate surface area is 197 Å². The third-order valence-electron chi connectivity index (χ3n) is 5.70. The highest BCUT2D eigenvalue weighted by Gasteiger charge is 2.20. The average Bonchev–Trinajstić information content (AvgIpc) is 3.13. The number of amides is 1. The van der Waals surface area contributed by atoms with Gasteiger partial charge < -0.3 is 5.32 Å². The molecule has 1 amide bonds. The number of nitrogens with zero attached hydrogens (tertiary/aromatic N) is 2. The Morgan fingerprint density at radius 1 is 0.912 bits per heavy atom. The van der Waals surface area contributed by atoms with Crippen LogP contribution in [0.15, 0.2) is 77.7 Å². The lowest BCUT2D eigenvalue weighted by Gasteiger charge is -2.11. The fraction of sp³-hybridized carbons (Fsp3) is 0.154. The number of anilines is 1. The van der Waals surface area contributed by atoms with Gasteiger partial charge in [0.15, 0.2) is 0 Å². The van der Waals surface area contributed by atoms with Gasteiger partial charge in [-0.2, -0.15) is 0 Å². The molecule has 7 nitrogen and oxygen atoms in total. The first-order chi connectivity index (χ1) is 16.3. The SMILES string of the molecule is Cc1nc2ccccc2c2c(NC(=O)c3ccc(S(=O)(=O)NC(C)C)cc3)c3ccccc3n12. The monoisotopic (exact) mass is 472 g/mol. The van der Waals surface area contributed by atoms with Gasteiger partial charge in [-0.1, -0.05) is 36.4 Å². The molecule has 2 heterocycles. The zero-order chi connectivity index (χ0) is 24.0. The molecule has 0 aliphatic rings. The summed E-state index contributed by atoms with van der Waals surface area (Å²) in [5, 5.41) is 4.91. The molecule has 0 saturated carbocycles. The molecule has 0 aliphatic heterocycles. The molecule has 0 spiro atoms. The third kappa shape index (κ3) is 3.70. The van der Waals surface area contributed by atoms with E-state index < -0.39 is 10.0 Å². The first kappa shape index (κ1) is 22.1. The van der Waals surface area contributed by atoms with Crippen molar-refractivity contribution in [2.75, 3.05) is 5.32 Å². The Morgan fingerprint density at radius 2 is 1.56 bits per heavy atom. The fourth-order valence-electron chi connectivity index (χ4n) is 4.30. The second-order valence-corrected chi connectivity index (χ2v) is 10.2. The van der Waals surface area contributed by atoms with Crippen LogP contribution in [0.1, 0.15) is 30.0 Å². The van der Waals surface area contributed by atoms with Gasteiger partial charge in [0.2, 0.25) is 10.0 Å². The van der Waals surface area contributed by atoms with E-state index in [4.69, 9.17) is 4.98 Å². The number of para-hydroxylation sites is 2. The van der Waals surface area contributed by atoms with Crippen molar-refractivity contribution >= 4 is 48.9 Å². The van der Waals surface area contributed by atoms with Gasteiger partial charge in [-0.25, -0.2) is 18.1 Å². The molecule has 0 saturated heterocycles. The molecule has 0 aliphatic carbocycles. The minimum atomic E-state index is -3.63. The number of nitrogens with one attached hydrogen (secondary N) is 2. The minimum Gasteiger partial charge on any atom is -0.320 e. The van der Waals surface area contributed by atoms with Crippen LogP contribution in [0.3, 0.4) is 0 Å². The van der Waals surface area contributed by atoms with Crippen molar-refractivity contribution in [1.82, 2.24) is 14.1 Å². The number of aryl methyl sites for hydroxylation is 1.